The number of fused-ring (bicyclic) bond motifs is 1. The van der Waals surface area contributed by atoms with Crippen molar-refractivity contribution in [2.24, 2.45) is 0 Å². The molecule has 3 rings (SSSR count). The molecule has 0 bridgehead atoms. The van der Waals surface area contributed by atoms with E-state index in [1.165, 1.54) is 21.8 Å². The number of hydrogen-bond donors (Lipinski definition) is 2. The number of rotatable bonds is 6. The first-order chi connectivity index (χ1) is 13.5. The second-order valence-corrected chi connectivity index (χ2v) is 8.29. The molecule has 0 fully saturated rings. The maximum absolute atomic E-state index is 12.4. The predicted molar refractivity (Wildman–Crippen MR) is 118 cm³/mol. The molecule has 0 aliphatic carbocycles. The fourth-order valence-corrected chi connectivity index (χ4v) is 4.59. The summed E-state index contributed by atoms with van der Waals surface area (Å²) in [5, 5.41) is 8.78. The predicted octanol–water partition coefficient (Wildman–Crippen LogP) is 3.98. The minimum absolute atomic E-state index is 0.0219. The lowest BCUT2D eigenvalue weighted by atomic mass is 10.0. The van der Waals surface area contributed by atoms with Crippen LogP contribution < -0.4 is 10.6 Å². The molecule has 28 heavy (non-hydrogen) atoms. The van der Waals surface area contributed by atoms with Gasteiger partial charge in [0.1, 0.15) is 0 Å². The standard InChI is InChI=1S/C21H23N3O2S2/c1-24(2)17(15-13-28-18-10-6-4-8-14(15)18)12-22-20(25)21(26)23-16-9-5-7-11-19(16)27-3/h4-11,13,17H,12H2,1-3H3,(H,22,25)(H,23,26)/t17-/m1/s1. The number of nitrogens with one attached hydrogen (secondary N) is 2. The summed E-state index contributed by atoms with van der Waals surface area (Å²) in [6, 6.07) is 15.6. The Labute approximate surface area is 173 Å². The molecule has 1 heterocycles. The summed E-state index contributed by atoms with van der Waals surface area (Å²) in [7, 11) is 3.94. The van der Waals surface area contributed by atoms with Crippen LogP contribution in [0.25, 0.3) is 10.1 Å². The molecule has 0 radical (unpaired) electrons. The number of carbonyl (C=O) groups is 2. The zero-order valence-electron chi connectivity index (χ0n) is 16.1. The number of hydrogen-bond acceptors (Lipinski definition) is 5. The van der Waals surface area contributed by atoms with Gasteiger partial charge >= 0.3 is 11.8 Å². The van der Waals surface area contributed by atoms with Gasteiger partial charge in [-0.15, -0.1) is 23.1 Å². The molecule has 1 aromatic heterocycles. The third-order valence-corrected chi connectivity index (χ3v) is 6.29. The Bertz CT molecular complexity index is 984. The van der Waals surface area contributed by atoms with E-state index in [4.69, 9.17) is 0 Å². The van der Waals surface area contributed by atoms with Crippen LogP contribution in [0.1, 0.15) is 11.6 Å². The third kappa shape index (κ3) is 4.55. The molecular formula is C21H23N3O2S2. The first-order valence-corrected chi connectivity index (χ1v) is 11.0. The monoisotopic (exact) mass is 413 g/mol. The molecule has 1 atom stereocenters. The van der Waals surface area contributed by atoms with Gasteiger partial charge in [0.15, 0.2) is 0 Å². The van der Waals surface area contributed by atoms with Gasteiger partial charge < -0.3 is 15.5 Å². The van der Waals surface area contributed by atoms with E-state index < -0.39 is 11.8 Å². The van der Waals surface area contributed by atoms with Crippen LogP contribution in [-0.4, -0.2) is 43.6 Å². The van der Waals surface area contributed by atoms with E-state index in [9.17, 15) is 9.59 Å². The maximum atomic E-state index is 12.4. The summed E-state index contributed by atoms with van der Waals surface area (Å²) in [5.41, 5.74) is 1.79. The second-order valence-electron chi connectivity index (χ2n) is 6.53. The van der Waals surface area contributed by atoms with Gasteiger partial charge in [-0.2, -0.15) is 0 Å². The van der Waals surface area contributed by atoms with E-state index in [1.807, 2.05) is 50.7 Å². The fourth-order valence-electron chi connectivity index (χ4n) is 3.02. The van der Waals surface area contributed by atoms with Crippen molar-refractivity contribution in [3.05, 3.63) is 59.5 Å². The van der Waals surface area contributed by atoms with Crippen molar-refractivity contribution in [1.82, 2.24) is 10.2 Å². The number of likely N-dealkylation sites (N-methyl/N-ethyl adjacent to an activating group) is 1. The summed E-state index contributed by atoms with van der Waals surface area (Å²) in [4.78, 5) is 27.6. The zero-order chi connectivity index (χ0) is 20.1. The minimum Gasteiger partial charge on any atom is -0.346 e. The SMILES string of the molecule is CSc1ccccc1NC(=O)C(=O)NC[C@H](c1csc2ccccc12)N(C)C. The van der Waals surface area contributed by atoms with Gasteiger partial charge in [0.05, 0.1) is 11.7 Å². The summed E-state index contributed by atoms with van der Waals surface area (Å²) >= 11 is 3.20. The van der Waals surface area contributed by atoms with Crippen molar-refractivity contribution in [2.75, 3.05) is 32.2 Å². The maximum Gasteiger partial charge on any atom is 0.313 e. The molecule has 2 aromatic carbocycles. The van der Waals surface area contributed by atoms with E-state index >= 15 is 0 Å². The Morgan fingerprint density at radius 2 is 1.79 bits per heavy atom. The van der Waals surface area contributed by atoms with E-state index in [2.05, 4.69) is 33.0 Å². The molecule has 3 aromatic rings. The molecule has 2 amide bonds. The molecule has 146 valence electrons. The van der Waals surface area contributed by atoms with Crippen LogP contribution in [0.5, 0.6) is 0 Å². The molecule has 7 heteroatoms. The van der Waals surface area contributed by atoms with E-state index in [-0.39, 0.29) is 6.04 Å². The van der Waals surface area contributed by atoms with Gasteiger partial charge in [-0.05, 0) is 54.9 Å². The molecular weight excluding hydrogens is 390 g/mol. The molecule has 5 nitrogen and oxygen atoms in total. The third-order valence-electron chi connectivity index (χ3n) is 4.51. The number of nitrogens with zero attached hydrogens (tertiary/aromatic N) is 1. The van der Waals surface area contributed by atoms with Crippen molar-refractivity contribution in [3.63, 3.8) is 0 Å². The highest BCUT2D eigenvalue weighted by Crippen LogP contribution is 2.32. The van der Waals surface area contributed by atoms with Crippen LogP contribution in [0.3, 0.4) is 0 Å². The molecule has 0 spiro atoms. The van der Waals surface area contributed by atoms with E-state index in [0.29, 0.717) is 12.2 Å². The average molecular weight is 414 g/mol. The van der Waals surface area contributed by atoms with Gasteiger partial charge in [0.25, 0.3) is 0 Å². The van der Waals surface area contributed by atoms with Crippen LogP contribution >= 0.6 is 23.1 Å². The largest absolute Gasteiger partial charge is 0.346 e. The lowest BCUT2D eigenvalue weighted by molar-refractivity contribution is -0.136. The van der Waals surface area contributed by atoms with Crippen molar-refractivity contribution < 1.29 is 9.59 Å². The summed E-state index contributed by atoms with van der Waals surface area (Å²) in [6.07, 6.45) is 1.93. The normalized spacial score (nSPS) is 12.1. The number of anilines is 1. The van der Waals surface area contributed by atoms with Crippen LogP contribution in [0, 0.1) is 0 Å². The number of benzene rings is 2. The van der Waals surface area contributed by atoms with Gasteiger partial charge in [-0.25, -0.2) is 0 Å². The highest BCUT2D eigenvalue weighted by molar-refractivity contribution is 7.98. The smallest absolute Gasteiger partial charge is 0.313 e. The van der Waals surface area contributed by atoms with E-state index in [1.54, 1.807) is 17.4 Å². The van der Waals surface area contributed by atoms with Gasteiger partial charge in [0, 0.05) is 16.1 Å². The molecule has 0 saturated carbocycles. The summed E-state index contributed by atoms with van der Waals surface area (Å²) < 4.78 is 1.21. The molecule has 0 aliphatic heterocycles. The molecule has 0 aliphatic rings. The lowest BCUT2D eigenvalue weighted by Gasteiger charge is -2.24. The Hall–Kier alpha value is -2.35. The molecule has 0 unspecified atom stereocenters. The average Bonchev–Trinajstić information content (AvgIpc) is 3.12. The number of para-hydroxylation sites is 1. The zero-order valence-corrected chi connectivity index (χ0v) is 17.7. The summed E-state index contributed by atoms with van der Waals surface area (Å²) in [6.45, 7) is 0.351. The number of thiophene rings is 1. The quantitative estimate of drug-likeness (QED) is 0.474. The molecule has 0 saturated heterocycles. The van der Waals surface area contributed by atoms with Gasteiger partial charge in [-0.3, -0.25) is 9.59 Å². The van der Waals surface area contributed by atoms with Crippen LogP contribution in [0.4, 0.5) is 5.69 Å². The number of amides is 2. The first-order valence-electron chi connectivity index (χ1n) is 8.86. The second kappa shape index (κ2) is 9.23. The summed E-state index contributed by atoms with van der Waals surface area (Å²) in [5.74, 6) is -1.29. The topological polar surface area (TPSA) is 61.4 Å². The lowest BCUT2D eigenvalue weighted by Crippen LogP contribution is -2.40. The van der Waals surface area contributed by atoms with Crippen molar-refractivity contribution in [3.8, 4) is 0 Å². The van der Waals surface area contributed by atoms with Crippen LogP contribution in [0.2, 0.25) is 0 Å². The first kappa shape index (κ1) is 20.4. The highest BCUT2D eigenvalue weighted by Gasteiger charge is 2.21. The van der Waals surface area contributed by atoms with Gasteiger partial charge in [0.2, 0.25) is 0 Å². The number of thioether (sulfide) groups is 1. The number of carbonyl (C=O) groups excluding carboxylic acids is 2. The van der Waals surface area contributed by atoms with Crippen LogP contribution in [-0.2, 0) is 9.59 Å². The van der Waals surface area contributed by atoms with Crippen LogP contribution in [0.15, 0.2) is 58.8 Å². The van der Waals surface area contributed by atoms with Crippen molar-refractivity contribution >= 4 is 50.7 Å². The minimum atomic E-state index is -0.658. The van der Waals surface area contributed by atoms with Gasteiger partial charge in [-0.1, -0.05) is 30.3 Å². The van der Waals surface area contributed by atoms with E-state index in [0.717, 1.165) is 10.5 Å². The Morgan fingerprint density at radius 3 is 2.54 bits per heavy atom. The Morgan fingerprint density at radius 1 is 1.07 bits per heavy atom. The van der Waals surface area contributed by atoms with Crippen molar-refractivity contribution in [2.45, 2.75) is 10.9 Å². The molecule has 2 N–H and O–H groups in total. The highest BCUT2D eigenvalue weighted by atomic mass is 32.2. The Kier molecular flexibility index (Phi) is 6.72. The fraction of sp³-hybridized carbons (Fsp3) is 0.238. The Balaban J connectivity index is 1.68. The van der Waals surface area contributed by atoms with Crippen molar-refractivity contribution in [1.29, 1.82) is 0 Å².